The van der Waals surface area contributed by atoms with E-state index in [-0.39, 0.29) is 6.04 Å². The third-order valence-corrected chi connectivity index (χ3v) is 3.12. The smallest absolute Gasteiger partial charge is 0.161 e. The number of nitrogens with one attached hydrogen (secondary N) is 2. The fraction of sp³-hybridized carbons (Fsp3) is 0.385. The average molecular weight is 260 g/mol. The Bertz CT molecular complexity index is 542. The van der Waals surface area contributed by atoms with Gasteiger partial charge in [0.05, 0.1) is 25.5 Å². The van der Waals surface area contributed by atoms with Crippen molar-refractivity contribution in [2.24, 2.45) is 0 Å². The number of fused-ring (bicyclic) bond motifs is 1. The molecular weight excluding hydrogens is 244 g/mol. The molecule has 2 heterocycles. The molecule has 1 aliphatic rings. The van der Waals surface area contributed by atoms with E-state index in [1.54, 1.807) is 6.20 Å². The van der Waals surface area contributed by atoms with E-state index >= 15 is 0 Å². The Morgan fingerprint density at radius 2 is 2.11 bits per heavy atom. The van der Waals surface area contributed by atoms with Crippen LogP contribution in [0.4, 0.5) is 0 Å². The predicted octanol–water partition coefficient (Wildman–Crippen LogP) is 1.27. The van der Waals surface area contributed by atoms with Gasteiger partial charge in [0.1, 0.15) is 5.69 Å². The molecule has 0 radical (unpaired) electrons. The summed E-state index contributed by atoms with van der Waals surface area (Å²) in [6.07, 6.45) is 2.62. The number of hydrogen-bond donors (Lipinski definition) is 2. The standard InChI is InChI=1S/C13H16N4O2/c1-14-13(10-8-15-17-16-10)9-3-4-11-12(7-9)19-6-2-5-18-11/h3-4,7-8,13-14H,2,5-6H2,1H3,(H,15,16,17). The third-order valence-electron chi connectivity index (χ3n) is 3.12. The van der Waals surface area contributed by atoms with Crippen molar-refractivity contribution >= 4 is 0 Å². The first-order chi connectivity index (χ1) is 9.38. The first-order valence-electron chi connectivity index (χ1n) is 6.31. The summed E-state index contributed by atoms with van der Waals surface area (Å²) >= 11 is 0. The van der Waals surface area contributed by atoms with E-state index < -0.39 is 0 Å². The van der Waals surface area contributed by atoms with Crippen molar-refractivity contribution in [2.45, 2.75) is 12.5 Å². The highest BCUT2D eigenvalue weighted by molar-refractivity contribution is 5.45. The molecule has 100 valence electrons. The van der Waals surface area contributed by atoms with Gasteiger partial charge in [-0.15, -0.1) is 0 Å². The Hall–Kier alpha value is -2.08. The first-order valence-corrected chi connectivity index (χ1v) is 6.31. The molecule has 6 heteroatoms. The van der Waals surface area contributed by atoms with Crippen LogP contribution < -0.4 is 14.8 Å². The minimum Gasteiger partial charge on any atom is -0.490 e. The Balaban J connectivity index is 1.94. The number of benzene rings is 1. The highest BCUT2D eigenvalue weighted by Crippen LogP contribution is 2.33. The molecule has 1 unspecified atom stereocenters. The van der Waals surface area contributed by atoms with E-state index in [1.165, 1.54) is 0 Å². The van der Waals surface area contributed by atoms with Gasteiger partial charge in [0.15, 0.2) is 11.5 Å². The van der Waals surface area contributed by atoms with Crippen LogP contribution in [0.5, 0.6) is 11.5 Å². The molecule has 19 heavy (non-hydrogen) atoms. The molecule has 1 aromatic heterocycles. The number of aromatic amines is 1. The van der Waals surface area contributed by atoms with Gasteiger partial charge in [-0.05, 0) is 24.7 Å². The maximum Gasteiger partial charge on any atom is 0.161 e. The van der Waals surface area contributed by atoms with Crippen molar-refractivity contribution in [2.75, 3.05) is 20.3 Å². The number of H-pyrrole nitrogens is 1. The van der Waals surface area contributed by atoms with Gasteiger partial charge in [-0.3, -0.25) is 0 Å². The molecule has 2 N–H and O–H groups in total. The van der Waals surface area contributed by atoms with Crippen LogP contribution in [0.2, 0.25) is 0 Å². The van der Waals surface area contributed by atoms with Crippen molar-refractivity contribution in [3.8, 4) is 11.5 Å². The summed E-state index contributed by atoms with van der Waals surface area (Å²) in [5, 5.41) is 13.8. The first kappa shape index (κ1) is 12.0. The molecule has 0 bridgehead atoms. The highest BCUT2D eigenvalue weighted by atomic mass is 16.5. The number of rotatable bonds is 3. The molecule has 0 saturated heterocycles. The SMILES string of the molecule is CNC(c1ccc2c(c1)OCCCO2)c1cn[nH]n1. The number of aromatic nitrogens is 3. The summed E-state index contributed by atoms with van der Waals surface area (Å²) in [7, 11) is 1.89. The van der Waals surface area contributed by atoms with Crippen molar-refractivity contribution < 1.29 is 9.47 Å². The van der Waals surface area contributed by atoms with Gasteiger partial charge in [0.2, 0.25) is 0 Å². The lowest BCUT2D eigenvalue weighted by molar-refractivity contribution is 0.297. The van der Waals surface area contributed by atoms with E-state index in [0.29, 0.717) is 13.2 Å². The maximum atomic E-state index is 5.70. The fourth-order valence-corrected chi connectivity index (χ4v) is 2.19. The van der Waals surface area contributed by atoms with Crippen LogP contribution in [0.1, 0.15) is 23.7 Å². The van der Waals surface area contributed by atoms with Gasteiger partial charge in [-0.1, -0.05) is 6.07 Å². The number of hydrogen-bond acceptors (Lipinski definition) is 5. The molecule has 6 nitrogen and oxygen atoms in total. The normalized spacial score (nSPS) is 15.8. The summed E-state index contributed by atoms with van der Waals surface area (Å²) in [5.41, 5.74) is 1.91. The molecule has 2 aromatic rings. The highest BCUT2D eigenvalue weighted by Gasteiger charge is 2.18. The van der Waals surface area contributed by atoms with E-state index in [2.05, 4.69) is 20.7 Å². The summed E-state index contributed by atoms with van der Waals surface area (Å²) < 4.78 is 11.3. The molecule has 1 atom stereocenters. The summed E-state index contributed by atoms with van der Waals surface area (Å²) in [5.74, 6) is 1.59. The molecule has 3 rings (SSSR count). The monoisotopic (exact) mass is 260 g/mol. The Labute approximate surface area is 111 Å². The lowest BCUT2D eigenvalue weighted by Crippen LogP contribution is -2.18. The number of ether oxygens (including phenoxy) is 2. The molecule has 0 spiro atoms. The zero-order valence-electron chi connectivity index (χ0n) is 10.7. The summed E-state index contributed by atoms with van der Waals surface area (Å²) in [6, 6.07) is 5.94. The van der Waals surface area contributed by atoms with Gasteiger partial charge < -0.3 is 14.8 Å². The lowest BCUT2D eigenvalue weighted by atomic mass is 10.0. The van der Waals surface area contributed by atoms with E-state index in [4.69, 9.17) is 9.47 Å². The van der Waals surface area contributed by atoms with Crippen molar-refractivity contribution in [3.63, 3.8) is 0 Å². The van der Waals surface area contributed by atoms with E-state index in [1.807, 2.05) is 25.2 Å². The van der Waals surface area contributed by atoms with Crippen molar-refractivity contribution in [1.29, 1.82) is 0 Å². The molecule has 1 aliphatic heterocycles. The van der Waals surface area contributed by atoms with Gasteiger partial charge in [-0.25, -0.2) is 0 Å². The Kier molecular flexibility index (Phi) is 3.33. The van der Waals surface area contributed by atoms with Crippen LogP contribution in [0.15, 0.2) is 24.4 Å². The second kappa shape index (κ2) is 5.27. The van der Waals surface area contributed by atoms with Crippen molar-refractivity contribution in [3.05, 3.63) is 35.7 Å². The topological polar surface area (TPSA) is 72.1 Å². The molecule has 1 aromatic carbocycles. The molecule has 0 saturated carbocycles. The van der Waals surface area contributed by atoms with Crippen LogP contribution in [0.25, 0.3) is 0 Å². The minimum absolute atomic E-state index is 0.0177. The second-order valence-corrected chi connectivity index (χ2v) is 4.37. The average Bonchev–Trinajstić information content (AvgIpc) is 2.85. The quantitative estimate of drug-likeness (QED) is 0.869. The van der Waals surface area contributed by atoms with Gasteiger partial charge in [-0.2, -0.15) is 15.4 Å². The van der Waals surface area contributed by atoms with Crippen molar-refractivity contribution in [1.82, 2.24) is 20.7 Å². The van der Waals surface area contributed by atoms with Gasteiger partial charge in [0, 0.05) is 6.42 Å². The zero-order chi connectivity index (χ0) is 13.1. The van der Waals surface area contributed by atoms with Crippen LogP contribution in [0.3, 0.4) is 0 Å². The molecular formula is C13H16N4O2. The van der Waals surface area contributed by atoms with Crippen LogP contribution in [0, 0.1) is 0 Å². The fourth-order valence-electron chi connectivity index (χ4n) is 2.19. The zero-order valence-corrected chi connectivity index (χ0v) is 10.7. The molecule has 0 amide bonds. The van der Waals surface area contributed by atoms with Gasteiger partial charge in [0.25, 0.3) is 0 Å². The Morgan fingerprint density at radius 3 is 2.84 bits per heavy atom. The maximum absolute atomic E-state index is 5.70. The number of nitrogens with zero attached hydrogens (tertiary/aromatic N) is 2. The summed E-state index contributed by atoms with van der Waals surface area (Å²) in [6.45, 7) is 1.38. The Morgan fingerprint density at radius 1 is 1.26 bits per heavy atom. The second-order valence-electron chi connectivity index (χ2n) is 4.37. The largest absolute Gasteiger partial charge is 0.490 e. The van der Waals surface area contributed by atoms with Crippen LogP contribution in [-0.4, -0.2) is 35.7 Å². The minimum atomic E-state index is -0.0177. The van der Waals surface area contributed by atoms with E-state index in [9.17, 15) is 0 Å². The van der Waals surface area contributed by atoms with E-state index in [0.717, 1.165) is 29.2 Å². The summed E-state index contributed by atoms with van der Waals surface area (Å²) in [4.78, 5) is 0. The van der Waals surface area contributed by atoms with Crippen LogP contribution >= 0.6 is 0 Å². The lowest BCUT2D eigenvalue weighted by Gasteiger charge is -2.16. The third kappa shape index (κ3) is 2.39. The molecule has 0 fully saturated rings. The van der Waals surface area contributed by atoms with Gasteiger partial charge >= 0.3 is 0 Å². The predicted molar refractivity (Wildman–Crippen MR) is 69.3 cm³/mol. The van der Waals surface area contributed by atoms with Crippen LogP contribution in [-0.2, 0) is 0 Å². The molecule has 0 aliphatic carbocycles.